The summed E-state index contributed by atoms with van der Waals surface area (Å²) in [4.78, 5) is 0. The number of phenols is 4. The zero-order valence-corrected chi connectivity index (χ0v) is 23.7. The smallest absolute Gasteiger partial charge is 0.229 e. The van der Waals surface area contributed by atoms with Crippen molar-refractivity contribution in [3.63, 3.8) is 0 Å². The van der Waals surface area contributed by atoms with Gasteiger partial charge in [-0.2, -0.15) is 0 Å². The van der Waals surface area contributed by atoms with E-state index in [0.717, 1.165) is 5.56 Å². The lowest BCUT2D eigenvalue weighted by Crippen LogP contribution is -2.60. The van der Waals surface area contributed by atoms with Crippen molar-refractivity contribution in [1.82, 2.24) is 0 Å². The van der Waals surface area contributed by atoms with Crippen LogP contribution >= 0.6 is 0 Å². The summed E-state index contributed by atoms with van der Waals surface area (Å²) < 4.78 is 17.7. The van der Waals surface area contributed by atoms with Crippen LogP contribution in [0.2, 0.25) is 0 Å². The first kappa shape index (κ1) is 30.3. The zero-order chi connectivity index (χ0) is 31.8. The molecule has 0 aromatic heterocycles. The molecule has 4 aromatic carbocycles. The van der Waals surface area contributed by atoms with E-state index in [4.69, 9.17) is 14.2 Å². The van der Waals surface area contributed by atoms with Crippen LogP contribution in [0.15, 0.2) is 78.9 Å². The van der Waals surface area contributed by atoms with Gasteiger partial charge in [0.05, 0.1) is 12.5 Å². The van der Waals surface area contributed by atoms with E-state index in [1.54, 1.807) is 54.6 Å². The maximum atomic E-state index is 10.8. The van der Waals surface area contributed by atoms with Crippen molar-refractivity contribution in [2.45, 2.75) is 42.7 Å². The molecule has 6 rings (SSSR count). The molecular weight excluding hydrogens is 584 g/mol. The fourth-order valence-corrected chi connectivity index (χ4v) is 5.75. The summed E-state index contributed by atoms with van der Waals surface area (Å²) in [7, 11) is 0. The molecule has 11 nitrogen and oxygen atoms in total. The highest BCUT2D eigenvalue weighted by molar-refractivity contribution is 5.75. The van der Waals surface area contributed by atoms with Crippen LogP contribution in [0.3, 0.4) is 0 Å². The van der Waals surface area contributed by atoms with Gasteiger partial charge in [0, 0.05) is 17.7 Å². The van der Waals surface area contributed by atoms with Crippen LogP contribution in [-0.2, 0) is 4.74 Å². The Kier molecular flexibility index (Phi) is 8.28. The van der Waals surface area contributed by atoms with Crippen LogP contribution in [0, 0.1) is 0 Å². The van der Waals surface area contributed by atoms with Crippen LogP contribution in [0.1, 0.15) is 39.8 Å². The van der Waals surface area contributed by atoms with Gasteiger partial charge < -0.3 is 55.1 Å². The number of rotatable bonds is 7. The molecule has 1 saturated heterocycles. The second-order valence-electron chi connectivity index (χ2n) is 11.1. The fourth-order valence-electron chi connectivity index (χ4n) is 5.75. The predicted molar refractivity (Wildman–Crippen MR) is 161 cm³/mol. The summed E-state index contributed by atoms with van der Waals surface area (Å²) in [5, 5.41) is 81.4. The molecule has 2 aliphatic rings. The van der Waals surface area contributed by atoms with Gasteiger partial charge in [-0.3, -0.25) is 0 Å². The van der Waals surface area contributed by atoms with Gasteiger partial charge in [0.15, 0.2) is 0 Å². The van der Waals surface area contributed by atoms with E-state index in [1.807, 2.05) is 6.08 Å². The molecule has 45 heavy (non-hydrogen) atoms. The Balaban J connectivity index is 1.43. The van der Waals surface area contributed by atoms with Crippen LogP contribution in [0.4, 0.5) is 0 Å². The highest BCUT2D eigenvalue weighted by atomic mass is 16.7. The minimum absolute atomic E-state index is 0.0354. The molecule has 8 N–H and O–H groups in total. The molecule has 11 heteroatoms. The first-order chi connectivity index (χ1) is 21.6. The average molecular weight is 617 g/mol. The number of aliphatic hydroxyl groups is 4. The van der Waals surface area contributed by atoms with Gasteiger partial charge in [0.25, 0.3) is 0 Å². The van der Waals surface area contributed by atoms with E-state index in [9.17, 15) is 40.9 Å². The van der Waals surface area contributed by atoms with Gasteiger partial charge in [-0.15, -0.1) is 0 Å². The Morgan fingerprint density at radius 1 is 0.667 bits per heavy atom. The Morgan fingerprint density at radius 3 is 2.02 bits per heavy atom. The van der Waals surface area contributed by atoms with E-state index < -0.39 is 49.3 Å². The van der Waals surface area contributed by atoms with Crippen molar-refractivity contribution < 1.29 is 55.1 Å². The summed E-state index contributed by atoms with van der Waals surface area (Å²) in [6.07, 6.45) is -4.59. The minimum atomic E-state index is -1.66. The molecule has 4 aromatic rings. The van der Waals surface area contributed by atoms with Crippen LogP contribution in [-0.4, -0.2) is 78.2 Å². The molecular formula is C34H32O11. The van der Waals surface area contributed by atoms with Gasteiger partial charge in [-0.05, 0) is 64.7 Å². The fraction of sp³-hybridized carbons (Fsp3) is 0.235. The van der Waals surface area contributed by atoms with Crippen molar-refractivity contribution >= 4 is 12.2 Å². The van der Waals surface area contributed by atoms with E-state index in [0.29, 0.717) is 28.0 Å². The summed E-state index contributed by atoms with van der Waals surface area (Å²) in [6, 6.07) is 20.6. The molecule has 1 fully saturated rings. The van der Waals surface area contributed by atoms with Crippen molar-refractivity contribution in [1.29, 1.82) is 0 Å². The maximum absolute atomic E-state index is 10.8. The van der Waals surface area contributed by atoms with Crippen molar-refractivity contribution in [2.75, 3.05) is 6.61 Å². The standard InChI is InChI=1S/C34H32O11/c35-16-27-30(40)31(41)32(42)34(45-27)43-25-13-20(12-23(38)14-25)29-28-19(4-1-17-2-7-21(36)8-3-17)11-24(39)15-26(28)44-33(29)18-5-9-22(37)10-6-18/h1-15,27,29-42H,16H2. The summed E-state index contributed by atoms with van der Waals surface area (Å²) in [6.45, 7) is -0.631. The van der Waals surface area contributed by atoms with Gasteiger partial charge in [-0.25, -0.2) is 0 Å². The lowest BCUT2D eigenvalue weighted by atomic mass is 9.82. The molecule has 0 bridgehead atoms. The largest absolute Gasteiger partial charge is 0.508 e. The Labute approximate surface area is 257 Å². The first-order valence-electron chi connectivity index (χ1n) is 14.2. The Hall–Kier alpha value is -4.78. The molecule has 0 spiro atoms. The molecule has 7 unspecified atom stereocenters. The third-order valence-corrected chi connectivity index (χ3v) is 7.97. The maximum Gasteiger partial charge on any atom is 0.229 e. The Bertz CT molecular complexity index is 1680. The molecule has 0 amide bonds. The number of hydrogen-bond acceptors (Lipinski definition) is 11. The van der Waals surface area contributed by atoms with Crippen LogP contribution in [0.25, 0.3) is 12.2 Å². The Morgan fingerprint density at radius 2 is 1.33 bits per heavy atom. The quantitative estimate of drug-likeness (QED) is 0.142. The molecule has 7 atom stereocenters. The number of fused-ring (bicyclic) bond motifs is 1. The number of ether oxygens (including phenoxy) is 3. The third kappa shape index (κ3) is 6.12. The third-order valence-electron chi connectivity index (χ3n) is 7.97. The van der Waals surface area contributed by atoms with E-state index >= 15 is 0 Å². The minimum Gasteiger partial charge on any atom is -0.508 e. The predicted octanol–water partition coefficient (Wildman–Crippen LogP) is 3.12. The lowest BCUT2D eigenvalue weighted by molar-refractivity contribution is -0.277. The van der Waals surface area contributed by atoms with E-state index in [-0.39, 0.29) is 28.7 Å². The molecule has 2 heterocycles. The summed E-state index contributed by atoms with van der Waals surface area (Å²) in [5.41, 5.74) is 3.32. The zero-order valence-electron chi connectivity index (χ0n) is 23.7. The summed E-state index contributed by atoms with van der Waals surface area (Å²) in [5.74, 6) is -0.171. The molecule has 234 valence electrons. The average Bonchev–Trinajstić information content (AvgIpc) is 3.40. The van der Waals surface area contributed by atoms with Gasteiger partial charge in [-0.1, -0.05) is 36.4 Å². The SMILES string of the molecule is OCC1OC(Oc2cc(O)cc(C3c4c(C=Cc5ccc(O)cc5)cc(O)cc4OC3c3ccc(O)cc3)c2)C(O)C(O)C1O. The molecule has 0 radical (unpaired) electrons. The first-order valence-corrected chi connectivity index (χ1v) is 14.2. The van der Waals surface area contributed by atoms with Gasteiger partial charge in [0.1, 0.15) is 65.0 Å². The number of benzene rings is 4. The topological polar surface area (TPSA) is 190 Å². The van der Waals surface area contributed by atoms with Crippen LogP contribution < -0.4 is 9.47 Å². The lowest BCUT2D eigenvalue weighted by Gasteiger charge is -2.39. The monoisotopic (exact) mass is 616 g/mol. The van der Waals surface area contributed by atoms with Crippen LogP contribution in [0.5, 0.6) is 34.5 Å². The van der Waals surface area contributed by atoms with Gasteiger partial charge >= 0.3 is 0 Å². The normalized spacial score (nSPS) is 26.0. The van der Waals surface area contributed by atoms with Crippen molar-refractivity contribution in [3.8, 4) is 34.5 Å². The molecule has 2 aliphatic heterocycles. The second-order valence-corrected chi connectivity index (χ2v) is 11.1. The molecule has 0 saturated carbocycles. The second kappa shape index (κ2) is 12.3. The van der Waals surface area contributed by atoms with E-state index in [2.05, 4.69) is 0 Å². The highest BCUT2D eigenvalue weighted by Gasteiger charge is 2.45. The number of aliphatic hydroxyl groups excluding tert-OH is 4. The summed E-state index contributed by atoms with van der Waals surface area (Å²) >= 11 is 0. The number of phenolic OH excluding ortho intramolecular Hbond substituents is 4. The van der Waals surface area contributed by atoms with Gasteiger partial charge in [0.2, 0.25) is 6.29 Å². The number of hydrogen-bond donors (Lipinski definition) is 8. The van der Waals surface area contributed by atoms with E-state index in [1.165, 1.54) is 30.3 Å². The van der Waals surface area contributed by atoms with Crippen molar-refractivity contribution in [2.24, 2.45) is 0 Å². The molecule has 0 aliphatic carbocycles. The highest BCUT2D eigenvalue weighted by Crippen LogP contribution is 2.53. The van der Waals surface area contributed by atoms with Crippen molar-refractivity contribution in [3.05, 3.63) is 107 Å². The number of aromatic hydroxyl groups is 4.